The van der Waals surface area contributed by atoms with Crippen LogP contribution < -0.4 is 4.90 Å². The van der Waals surface area contributed by atoms with Gasteiger partial charge in [-0.25, -0.2) is 4.98 Å². The van der Waals surface area contributed by atoms with Crippen molar-refractivity contribution in [1.82, 2.24) is 9.38 Å². The molecule has 0 aliphatic rings. The van der Waals surface area contributed by atoms with Crippen molar-refractivity contribution >= 4 is 23.1 Å². The second-order valence-corrected chi connectivity index (χ2v) is 4.75. The number of nitrogens with zero attached hydrogens (tertiary/aromatic N) is 3. The number of alkyl halides is 1. The molecule has 0 aromatic carbocycles. The van der Waals surface area contributed by atoms with Gasteiger partial charge < -0.3 is 4.90 Å². The maximum Gasteiger partial charge on any atom is 0.138 e. The Morgan fingerprint density at radius 3 is 2.94 bits per heavy atom. The van der Waals surface area contributed by atoms with E-state index in [0.29, 0.717) is 11.9 Å². The Hall–Kier alpha value is -1.22. The second-order valence-electron chi connectivity index (χ2n) is 4.37. The van der Waals surface area contributed by atoms with Crippen LogP contribution >= 0.6 is 11.6 Å². The zero-order valence-electron chi connectivity index (χ0n) is 10.3. The first-order chi connectivity index (χ1) is 8.24. The zero-order chi connectivity index (χ0) is 12.3. The van der Waals surface area contributed by atoms with Gasteiger partial charge in [0.15, 0.2) is 0 Å². The van der Waals surface area contributed by atoms with Crippen molar-refractivity contribution in [1.29, 1.82) is 0 Å². The third-order valence-corrected chi connectivity index (χ3v) is 3.12. The Morgan fingerprint density at radius 1 is 1.41 bits per heavy atom. The molecule has 0 spiro atoms. The Bertz CT molecular complexity index is 478. The number of pyridine rings is 1. The molecule has 0 saturated heterocycles. The summed E-state index contributed by atoms with van der Waals surface area (Å²) in [6.07, 6.45) is 4.82. The molecule has 0 radical (unpaired) electrons. The number of fused-ring (bicyclic) bond motifs is 1. The van der Waals surface area contributed by atoms with Gasteiger partial charge in [-0.05, 0) is 32.4 Å². The molecule has 3 nitrogen and oxygen atoms in total. The first-order valence-corrected chi connectivity index (χ1v) is 6.52. The fourth-order valence-electron chi connectivity index (χ4n) is 2.03. The summed E-state index contributed by atoms with van der Waals surface area (Å²) in [5, 5.41) is 0. The highest BCUT2D eigenvalue weighted by Crippen LogP contribution is 2.19. The minimum absolute atomic E-state index is 0.450. The fraction of sp³-hybridized carbons (Fsp3) is 0.462. The van der Waals surface area contributed by atoms with Gasteiger partial charge in [0, 0.05) is 30.9 Å². The summed E-state index contributed by atoms with van der Waals surface area (Å²) in [6, 6.07) is 6.64. The van der Waals surface area contributed by atoms with Crippen molar-refractivity contribution in [3.63, 3.8) is 0 Å². The van der Waals surface area contributed by atoms with E-state index in [4.69, 9.17) is 11.6 Å². The maximum atomic E-state index is 5.79. The topological polar surface area (TPSA) is 20.5 Å². The molecular formula is C13H18ClN3. The van der Waals surface area contributed by atoms with Gasteiger partial charge in [0.1, 0.15) is 11.5 Å². The first kappa shape index (κ1) is 12.2. The number of halogens is 1. The van der Waals surface area contributed by atoms with E-state index in [9.17, 15) is 0 Å². The highest BCUT2D eigenvalue weighted by atomic mass is 35.5. The quantitative estimate of drug-likeness (QED) is 0.761. The van der Waals surface area contributed by atoms with Crippen LogP contribution in [0.1, 0.15) is 20.3 Å². The van der Waals surface area contributed by atoms with Crippen LogP contribution in [-0.2, 0) is 0 Å². The third-order valence-electron chi connectivity index (χ3n) is 2.86. The van der Waals surface area contributed by atoms with E-state index in [1.165, 1.54) is 5.82 Å². The van der Waals surface area contributed by atoms with Gasteiger partial charge in [-0.15, -0.1) is 11.6 Å². The summed E-state index contributed by atoms with van der Waals surface area (Å²) in [4.78, 5) is 6.67. The molecule has 17 heavy (non-hydrogen) atoms. The summed E-state index contributed by atoms with van der Waals surface area (Å²) in [5.41, 5.74) is 0.985. The van der Waals surface area contributed by atoms with Gasteiger partial charge in [0.2, 0.25) is 0 Å². The maximum absolute atomic E-state index is 5.79. The largest absolute Gasteiger partial charge is 0.355 e. The van der Waals surface area contributed by atoms with Crippen LogP contribution in [0.3, 0.4) is 0 Å². The second kappa shape index (κ2) is 5.41. The lowest BCUT2D eigenvalue weighted by Crippen LogP contribution is -2.33. The molecule has 0 amide bonds. The van der Waals surface area contributed by atoms with Crippen LogP contribution in [-0.4, -0.2) is 27.9 Å². The van der Waals surface area contributed by atoms with Crippen LogP contribution in [0.25, 0.3) is 5.65 Å². The molecule has 2 aromatic rings. The minimum atomic E-state index is 0.450. The lowest BCUT2D eigenvalue weighted by atomic mass is 10.2. The van der Waals surface area contributed by atoms with Crippen molar-refractivity contribution in [3.05, 3.63) is 30.6 Å². The average molecular weight is 252 g/mol. The van der Waals surface area contributed by atoms with E-state index in [1.807, 2.05) is 24.5 Å². The van der Waals surface area contributed by atoms with Crippen LogP contribution in [0, 0.1) is 0 Å². The molecule has 0 aliphatic heterocycles. The highest BCUT2D eigenvalue weighted by molar-refractivity contribution is 6.17. The molecule has 0 atom stereocenters. The molecule has 0 unspecified atom stereocenters. The predicted molar refractivity (Wildman–Crippen MR) is 73.0 cm³/mol. The lowest BCUT2D eigenvalue weighted by Gasteiger charge is -2.29. The van der Waals surface area contributed by atoms with Crippen LogP contribution in [0.15, 0.2) is 30.6 Å². The van der Waals surface area contributed by atoms with Crippen molar-refractivity contribution in [2.45, 2.75) is 26.3 Å². The molecule has 0 bridgehead atoms. The lowest BCUT2D eigenvalue weighted by molar-refractivity contribution is 0.660. The molecule has 4 heteroatoms. The molecule has 2 heterocycles. The van der Waals surface area contributed by atoms with Crippen LogP contribution in [0.2, 0.25) is 0 Å². The number of hydrogen-bond donors (Lipinski definition) is 0. The van der Waals surface area contributed by atoms with Crippen LogP contribution in [0.4, 0.5) is 5.82 Å². The van der Waals surface area contributed by atoms with Gasteiger partial charge in [0.05, 0.1) is 0 Å². The average Bonchev–Trinajstić information content (AvgIpc) is 2.77. The standard InChI is InChI=1S/C13H18ClN3/c1-11(2)16(9-4-7-14)13-6-3-5-12-15-8-10-17(12)13/h3,5-6,8,10-11H,4,7,9H2,1-2H3. The molecule has 0 N–H and O–H groups in total. The minimum Gasteiger partial charge on any atom is -0.355 e. The van der Waals surface area contributed by atoms with Gasteiger partial charge in [-0.1, -0.05) is 6.07 Å². The van der Waals surface area contributed by atoms with E-state index in [1.54, 1.807) is 0 Å². The predicted octanol–water partition coefficient (Wildman–Crippen LogP) is 3.18. The number of rotatable bonds is 5. The van der Waals surface area contributed by atoms with Crippen molar-refractivity contribution in [3.8, 4) is 0 Å². The molecule has 2 rings (SSSR count). The summed E-state index contributed by atoms with van der Waals surface area (Å²) in [5.74, 6) is 1.88. The third kappa shape index (κ3) is 2.55. The van der Waals surface area contributed by atoms with E-state index in [2.05, 4.69) is 34.2 Å². The van der Waals surface area contributed by atoms with Crippen molar-refractivity contribution < 1.29 is 0 Å². The number of imidazole rings is 1. The summed E-state index contributed by atoms with van der Waals surface area (Å²) >= 11 is 5.79. The summed E-state index contributed by atoms with van der Waals surface area (Å²) < 4.78 is 2.12. The van der Waals surface area contributed by atoms with E-state index >= 15 is 0 Å². The molecule has 0 fully saturated rings. The zero-order valence-corrected chi connectivity index (χ0v) is 11.1. The van der Waals surface area contributed by atoms with Gasteiger partial charge in [-0.2, -0.15) is 0 Å². The molecule has 2 aromatic heterocycles. The fourth-order valence-corrected chi connectivity index (χ4v) is 2.15. The van der Waals surface area contributed by atoms with Gasteiger partial charge in [-0.3, -0.25) is 4.40 Å². The molecular weight excluding hydrogens is 234 g/mol. The molecule has 92 valence electrons. The Morgan fingerprint density at radius 2 is 2.24 bits per heavy atom. The normalized spacial score (nSPS) is 11.3. The Kier molecular flexibility index (Phi) is 3.89. The summed E-state index contributed by atoms with van der Waals surface area (Å²) in [7, 11) is 0. The number of hydrogen-bond acceptors (Lipinski definition) is 2. The highest BCUT2D eigenvalue weighted by Gasteiger charge is 2.12. The van der Waals surface area contributed by atoms with Crippen molar-refractivity contribution in [2.75, 3.05) is 17.3 Å². The summed E-state index contributed by atoms with van der Waals surface area (Å²) in [6.45, 7) is 5.37. The Balaban J connectivity index is 2.37. The molecule has 0 aliphatic carbocycles. The van der Waals surface area contributed by atoms with E-state index in [0.717, 1.165) is 18.6 Å². The van der Waals surface area contributed by atoms with E-state index < -0.39 is 0 Å². The SMILES string of the molecule is CC(C)N(CCCCl)c1cccc2nccn12. The van der Waals surface area contributed by atoms with Crippen molar-refractivity contribution in [2.24, 2.45) is 0 Å². The van der Waals surface area contributed by atoms with Gasteiger partial charge >= 0.3 is 0 Å². The van der Waals surface area contributed by atoms with Crippen LogP contribution in [0.5, 0.6) is 0 Å². The smallest absolute Gasteiger partial charge is 0.138 e. The number of aromatic nitrogens is 2. The van der Waals surface area contributed by atoms with E-state index in [-0.39, 0.29) is 0 Å². The molecule has 0 saturated carbocycles. The first-order valence-electron chi connectivity index (χ1n) is 5.98. The monoisotopic (exact) mass is 251 g/mol. The Labute approximate surface area is 107 Å². The number of anilines is 1. The van der Waals surface area contributed by atoms with Gasteiger partial charge in [0.25, 0.3) is 0 Å².